The Labute approximate surface area is 144 Å². The highest BCUT2D eigenvalue weighted by atomic mass is 16.5. The molecule has 1 aliphatic rings. The number of likely N-dealkylation sites (tertiary alicyclic amines) is 1. The number of esters is 1. The molecule has 5 nitrogen and oxygen atoms in total. The molecule has 1 saturated heterocycles. The third kappa shape index (κ3) is 5.21. The Morgan fingerprint density at radius 3 is 2.71 bits per heavy atom. The van der Waals surface area contributed by atoms with Crippen LogP contribution in [-0.4, -0.2) is 50.0 Å². The molecule has 0 spiro atoms. The summed E-state index contributed by atoms with van der Waals surface area (Å²) in [6, 6.07) is 5.96. The van der Waals surface area contributed by atoms with E-state index in [0.717, 1.165) is 37.2 Å². The predicted octanol–water partition coefficient (Wildman–Crippen LogP) is 0.901. The summed E-state index contributed by atoms with van der Waals surface area (Å²) in [5.41, 5.74) is 2.31. The van der Waals surface area contributed by atoms with Gasteiger partial charge in [-0.15, -0.1) is 0 Å². The molecule has 0 aromatic heterocycles. The lowest BCUT2D eigenvalue weighted by Gasteiger charge is -2.29. The summed E-state index contributed by atoms with van der Waals surface area (Å²) in [5, 5.41) is 10.2. The number of carbonyl (C=O) groups excluding carboxylic acids is 1. The molecule has 0 unspecified atom stereocenters. The number of hydrogen-bond acceptors (Lipinski definition) is 4. The number of rotatable bonds is 7. The van der Waals surface area contributed by atoms with E-state index in [1.165, 1.54) is 10.5 Å². The van der Waals surface area contributed by atoms with Gasteiger partial charge in [0.25, 0.3) is 0 Å². The molecule has 5 heteroatoms. The number of carbonyl (C=O) groups is 1. The van der Waals surface area contributed by atoms with Crippen molar-refractivity contribution in [2.24, 2.45) is 5.92 Å². The lowest BCUT2D eigenvalue weighted by molar-refractivity contribution is -0.908. The molecular weight excluding hydrogens is 306 g/mol. The van der Waals surface area contributed by atoms with Crippen molar-refractivity contribution in [2.45, 2.75) is 39.7 Å². The Balaban J connectivity index is 1.73. The Morgan fingerprint density at radius 1 is 1.33 bits per heavy atom. The van der Waals surface area contributed by atoms with E-state index in [0.29, 0.717) is 19.8 Å². The number of quaternary nitrogens is 1. The van der Waals surface area contributed by atoms with E-state index in [9.17, 15) is 9.90 Å². The predicted molar refractivity (Wildman–Crippen MR) is 92.3 cm³/mol. The van der Waals surface area contributed by atoms with Crippen LogP contribution in [0, 0.1) is 19.8 Å². The molecule has 1 atom stereocenters. The molecule has 2 rings (SSSR count). The third-order valence-corrected chi connectivity index (χ3v) is 4.82. The van der Waals surface area contributed by atoms with Gasteiger partial charge in [-0.3, -0.25) is 4.79 Å². The van der Waals surface area contributed by atoms with Crippen molar-refractivity contribution in [3.05, 3.63) is 29.3 Å². The molecule has 1 aromatic rings. The fourth-order valence-corrected chi connectivity index (χ4v) is 3.18. The summed E-state index contributed by atoms with van der Waals surface area (Å²) in [6.07, 6.45) is 1.16. The summed E-state index contributed by atoms with van der Waals surface area (Å²) >= 11 is 0. The van der Waals surface area contributed by atoms with Gasteiger partial charge in [0.15, 0.2) is 0 Å². The maximum Gasteiger partial charge on any atom is 0.309 e. The number of benzene rings is 1. The quantitative estimate of drug-likeness (QED) is 0.727. The molecule has 1 heterocycles. The smallest absolute Gasteiger partial charge is 0.309 e. The third-order valence-electron chi connectivity index (χ3n) is 4.82. The monoisotopic (exact) mass is 336 g/mol. The molecular formula is C19H30NO4+. The Morgan fingerprint density at radius 2 is 2.04 bits per heavy atom. The number of nitrogens with one attached hydrogen (secondary N) is 1. The number of aliphatic hydroxyl groups excluding tert-OH is 1. The van der Waals surface area contributed by atoms with Crippen molar-refractivity contribution in [1.29, 1.82) is 0 Å². The molecule has 1 aliphatic heterocycles. The average Bonchev–Trinajstić information content (AvgIpc) is 2.57. The first-order chi connectivity index (χ1) is 11.5. The highest BCUT2D eigenvalue weighted by Gasteiger charge is 2.29. The van der Waals surface area contributed by atoms with Gasteiger partial charge in [0.1, 0.15) is 25.0 Å². The molecule has 0 amide bonds. The lowest BCUT2D eigenvalue weighted by atomic mass is 9.97. The van der Waals surface area contributed by atoms with Crippen LogP contribution in [0.15, 0.2) is 18.2 Å². The second kappa shape index (κ2) is 9.04. The number of piperidine rings is 1. The molecule has 0 radical (unpaired) electrons. The van der Waals surface area contributed by atoms with Crippen LogP contribution >= 0.6 is 0 Å². The van der Waals surface area contributed by atoms with Crippen molar-refractivity contribution in [3.8, 4) is 5.75 Å². The van der Waals surface area contributed by atoms with E-state index >= 15 is 0 Å². The average molecular weight is 336 g/mol. The summed E-state index contributed by atoms with van der Waals surface area (Å²) in [7, 11) is 0. The van der Waals surface area contributed by atoms with Gasteiger partial charge < -0.3 is 19.5 Å². The maximum atomic E-state index is 11.7. The van der Waals surface area contributed by atoms with Gasteiger partial charge in [-0.05, 0) is 38.0 Å². The summed E-state index contributed by atoms with van der Waals surface area (Å²) in [5.74, 6) is 0.789. The first-order valence-electron chi connectivity index (χ1n) is 8.88. The second-order valence-corrected chi connectivity index (χ2v) is 6.64. The minimum Gasteiger partial charge on any atom is -0.490 e. The van der Waals surface area contributed by atoms with Crippen molar-refractivity contribution in [3.63, 3.8) is 0 Å². The molecule has 2 N–H and O–H groups in total. The fraction of sp³-hybridized carbons (Fsp3) is 0.632. The molecule has 0 bridgehead atoms. The van der Waals surface area contributed by atoms with Gasteiger partial charge in [0, 0.05) is 12.8 Å². The van der Waals surface area contributed by atoms with Gasteiger partial charge in [-0.1, -0.05) is 12.1 Å². The Kier molecular flexibility index (Phi) is 7.06. The summed E-state index contributed by atoms with van der Waals surface area (Å²) in [4.78, 5) is 13.1. The van der Waals surface area contributed by atoms with Crippen molar-refractivity contribution in [1.82, 2.24) is 0 Å². The van der Waals surface area contributed by atoms with Crippen LogP contribution in [0.1, 0.15) is 30.9 Å². The highest BCUT2D eigenvalue weighted by Crippen LogP contribution is 2.20. The topological polar surface area (TPSA) is 60.2 Å². The number of aliphatic hydroxyl groups is 1. The zero-order valence-electron chi connectivity index (χ0n) is 15.0. The van der Waals surface area contributed by atoms with Gasteiger partial charge in [0.2, 0.25) is 0 Å². The number of aryl methyl sites for hydroxylation is 1. The molecule has 1 aromatic carbocycles. The lowest BCUT2D eigenvalue weighted by Crippen LogP contribution is -3.14. The molecule has 24 heavy (non-hydrogen) atoms. The largest absolute Gasteiger partial charge is 0.490 e. The minimum atomic E-state index is -0.501. The zero-order valence-corrected chi connectivity index (χ0v) is 15.0. The first-order valence-corrected chi connectivity index (χ1v) is 8.88. The van der Waals surface area contributed by atoms with Crippen LogP contribution in [0.4, 0.5) is 0 Å². The van der Waals surface area contributed by atoms with Crippen molar-refractivity contribution >= 4 is 5.97 Å². The van der Waals surface area contributed by atoms with Crippen molar-refractivity contribution < 1.29 is 24.3 Å². The van der Waals surface area contributed by atoms with Crippen LogP contribution in [0.3, 0.4) is 0 Å². The van der Waals surface area contributed by atoms with E-state index in [4.69, 9.17) is 9.47 Å². The summed E-state index contributed by atoms with van der Waals surface area (Å²) in [6.45, 7) is 9.10. The molecule has 134 valence electrons. The van der Waals surface area contributed by atoms with Crippen molar-refractivity contribution in [2.75, 3.05) is 32.8 Å². The fourth-order valence-electron chi connectivity index (χ4n) is 3.18. The molecule has 1 fully saturated rings. The summed E-state index contributed by atoms with van der Waals surface area (Å²) < 4.78 is 10.9. The first kappa shape index (κ1) is 18.7. The zero-order chi connectivity index (χ0) is 17.5. The number of hydrogen-bond donors (Lipinski definition) is 2. The van der Waals surface area contributed by atoms with Crippen LogP contribution in [0.5, 0.6) is 5.75 Å². The normalized spacial score (nSPS) is 22.0. The van der Waals surface area contributed by atoms with Crippen LogP contribution in [0.25, 0.3) is 0 Å². The maximum absolute atomic E-state index is 11.7. The van der Waals surface area contributed by atoms with Gasteiger partial charge in [-0.2, -0.15) is 0 Å². The van der Waals surface area contributed by atoms with Crippen LogP contribution in [-0.2, 0) is 9.53 Å². The standard InChI is InChI=1S/C19H29NO4/c1-4-23-19(22)16-8-10-20(11-9-16)12-17(21)13-24-18-7-5-6-14(2)15(18)3/h5-7,16-17,21H,4,8-13H2,1-3H3/p+1/t17-/m0/s1. The van der Waals surface area contributed by atoms with E-state index in [-0.39, 0.29) is 11.9 Å². The molecule has 0 saturated carbocycles. The van der Waals surface area contributed by atoms with E-state index in [1.54, 1.807) is 0 Å². The van der Waals surface area contributed by atoms with E-state index in [1.807, 2.05) is 26.0 Å². The van der Waals surface area contributed by atoms with Gasteiger partial charge in [-0.25, -0.2) is 0 Å². The minimum absolute atomic E-state index is 0.0250. The Hall–Kier alpha value is -1.59. The van der Waals surface area contributed by atoms with Crippen LogP contribution in [0.2, 0.25) is 0 Å². The second-order valence-electron chi connectivity index (χ2n) is 6.64. The highest BCUT2D eigenvalue weighted by molar-refractivity contribution is 5.72. The van der Waals surface area contributed by atoms with E-state index < -0.39 is 6.10 Å². The van der Waals surface area contributed by atoms with Gasteiger partial charge >= 0.3 is 5.97 Å². The SMILES string of the molecule is CCOC(=O)C1CC[NH+](C[C@H](O)COc2cccc(C)c2C)CC1. The Bertz CT molecular complexity index is 538. The molecule has 0 aliphatic carbocycles. The number of ether oxygens (including phenoxy) is 2. The van der Waals surface area contributed by atoms with Crippen LogP contribution < -0.4 is 9.64 Å². The van der Waals surface area contributed by atoms with E-state index in [2.05, 4.69) is 13.0 Å². The van der Waals surface area contributed by atoms with Gasteiger partial charge in [0.05, 0.1) is 25.6 Å².